The molecule has 1 aliphatic heterocycles. The number of rotatable bonds is 6. The molecule has 0 saturated carbocycles. The van der Waals surface area contributed by atoms with Gasteiger partial charge < -0.3 is 21.1 Å². The maximum Gasteiger partial charge on any atom is 0.242 e. The molecule has 1 aliphatic rings. The van der Waals surface area contributed by atoms with Gasteiger partial charge in [-0.05, 0) is 24.8 Å². The van der Waals surface area contributed by atoms with Gasteiger partial charge in [-0.15, -0.1) is 0 Å². The predicted octanol–water partition coefficient (Wildman–Crippen LogP) is -0.290. The minimum Gasteiger partial charge on any atom is -0.377 e. The van der Waals surface area contributed by atoms with Crippen LogP contribution >= 0.6 is 0 Å². The molecule has 1 fully saturated rings. The van der Waals surface area contributed by atoms with Crippen molar-refractivity contribution in [1.82, 2.24) is 4.90 Å². The molecule has 4 N–H and O–H groups in total. The summed E-state index contributed by atoms with van der Waals surface area (Å²) < 4.78 is 5.20. The van der Waals surface area contributed by atoms with Crippen LogP contribution in [0.1, 0.15) is 26.7 Å². The average molecular weight is 271 g/mol. The minimum absolute atomic E-state index is 0.0526. The summed E-state index contributed by atoms with van der Waals surface area (Å²) in [5.74, 6) is 0.0891. The second-order valence-corrected chi connectivity index (χ2v) is 5.52. The highest BCUT2D eigenvalue weighted by Gasteiger charge is 2.32. The molecule has 2 unspecified atom stereocenters. The van der Waals surface area contributed by atoms with Gasteiger partial charge in [0.05, 0.1) is 13.2 Å². The third-order valence-electron chi connectivity index (χ3n) is 3.38. The lowest BCUT2D eigenvalue weighted by molar-refractivity contribution is -0.147. The van der Waals surface area contributed by atoms with E-state index in [1.54, 1.807) is 0 Å². The molecule has 110 valence electrons. The van der Waals surface area contributed by atoms with Gasteiger partial charge in [-0.2, -0.15) is 0 Å². The van der Waals surface area contributed by atoms with Crippen LogP contribution in [0.4, 0.5) is 0 Å². The molecular formula is C13H25N3O3. The summed E-state index contributed by atoms with van der Waals surface area (Å²) in [7, 11) is 0. The number of hydrogen-bond acceptors (Lipinski definition) is 4. The van der Waals surface area contributed by atoms with E-state index in [1.165, 1.54) is 4.90 Å². The zero-order valence-corrected chi connectivity index (χ0v) is 11.8. The van der Waals surface area contributed by atoms with Crippen LogP contribution in [0.2, 0.25) is 0 Å². The molecule has 2 amide bonds. The van der Waals surface area contributed by atoms with Crippen LogP contribution in [0.25, 0.3) is 0 Å². The molecular weight excluding hydrogens is 246 g/mol. The van der Waals surface area contributed by atoms with Gasteiger partial charge in [-0.3, -0.25) is 9.59 Å². The molecule has 19 heavy (non-hydrogen) atoms. The summed E-state index contributed by atoms with van der Waals surface area (Å²) in [6.45, 7) is 5.76. The first-order chi connectivity index (χ1) is 8.95. The number of primary amides is 1. The second-order valence-electron chi connectivity index (χ2n) is 5.52. The molecule has 0 aliphatic carbocycles. The fraction of sp³-hybridized carbons (Fsp3) is 0.846. The van der Waals surface area contributed by atoms with Crippen molar-refractivity contribution in [2.45, 2.75) is 32.7 Å². The zero-order chi connectivity index (χ0) is 14.4. The van der Waals surface area contributed by atoms with E-state index in [-0.39, 0.29) is 18.4 Å². The maximum absolute atomic E-state index is 12.3. The molecule has 0 aromatic carbocycles. The first kappa shape index (κ1) is 15.9. The number of amides is 2. The molecule has 1 rings (SSSR count). The van der Waals surface area contributed by atoms with Crippen LogP contribution in [0.3, 0.4) is 0 Å². The molecule has 0 spiro atoms. The molecule has 6 heteroatoms. The van der Waals surface area contributed by atoms with Gasteiger partial charge in [-0.25, -0.2) is 0 Å². The average Bonchev–Trinajstić information content (AvgIpc) is 2.37. The van der Waals surface area contributed by atoms with Gasteiger partial charge in [0.1, 0.15) is 6.04 Å². The van der Waals surface area contributed by atoms with Crippen LogP contribution in [0.15, 0.2) is 0 Å². The third kappa shape index (κ3) is 4.80. The maximum atomic E-state index is 12.3. The zero-order valence-electron chi connectivity index (χ0n) is 11.8. The first-order valence-electron chi connectivity index (χ1n) is 6.82. The van der Waals surface area contributed by atoms with E-state index in [4.69, 9.17) is 16.2 Å². The van der Waals surface area contributed by atoms with Crippen molar-refractivity contribution in [3.8, 4) is 0 Å². The molecule has 0 bridgehead atoms. The molecule has 0 radical (unpaired) electrons. The molecule has 0 aromatic rings. The molecule has 2 atom stereocenters. The predicted molar refractivity (Wildman–Crippen MR) is 72.1 cm³/mol. The Labute approximate surface area is 114 Å². The van der Waals surface area contributed by atoms with Crippen LogP contribution in [-0.2, 0) is 14.3 Å². The summed E-state index contributed by atoms with van der Waals surface area (Å²) in [4.78, 5) is 25.1. The van der Waals surface area contributed by atoms with Gasteiger partial charge in [0.2, 0.25) is 11.8 Å². The smallest absolute Gasteiger partial charge is 0.242 e. The number of carbonyl (C=O) groups excluding carboxylic acids is 2. The van der Waals surface area contributed by atoms with E-state index in [2.05, 4.69) is 13.8 Å². The summed E-state index contributed by atoms with van der Waals surface area (Å²) in [6, 6.07) is -0.640. The highest BCUT2D eigenvalue weighted by Crippen LogP contribution is 2.17. The number of ether oxygens (including phenoxy) is 1. The lowest BCUT2D eigenvalue weighted by Gasteiger charge is -2.34. The van der Waals surface area contributed by atoms with E-state index < -0.39 is 11.9 Å². The quantitative estimate of drug-likeness (QED) is 0.693. The van der Waals surface area contributed by atoms with Crippen molar-refractivity contribution in [3.63, 3.8) is 0 Å². The second kappa shape index (κ2) is 7.45. The van der Waals surface area contributed by atoms with E-state index >= 15 is 0 Å². The van der Waals surface area contributed by atoms with Crippen molar-refractivity contribution in [1.29, 1.82) is 0 Å². The van der Waals surface area contributed by atoms with Gasteiger partial charge in [0.25, 0.3) is 0 Å². The van der Waals surface area contributed by atoms with Crippen LogP contribution in [-0.4, -0.2) is 49.1 Å². The minimum atomic E-state index is -0.640. The van der Waals surface area contributed by atoms with E-state index in [0.29, 0.717) is 32.0 Å². The van der Waals surface area contributed by atoms with Gasteiger partial charge in [-0.1, -0.05) is 13.8 Å². The van der Waals surface area contributed by atoms with Crippen LogP contribution < -0.4 is 11.5 Å². The Hall–Kier alpha value is -1.14. The number of morpholine rings is 1. The van der Waals surface area contributed by atoms with Crippen LogP contribution in [0.5, 0.6) is 0 Å². The number of nitrogens with zero attached hydrogens (tertiary/aromatic N) is 1. The lowest BCUT2D eigenvalue weighted by Crippen LogP contribution is -2.55. The van der Waals surface area contributed by atoms with Gasteiger partial charge in [0, 0.05) is 13.0 Å². The Morgan fingerprint density at radius 1 is 1.42 bits per heavy atom. The lowest BCUT2D eigenvalue weighted by atomic mass is 9.93. The summed E-state index contributed by atoms with van der Waals surface area (Å²) >= 11 is 0. The topological polar surface area (TPSA) is 98.7 Å². The van der Waals surface area contributed by atoms with Crippen molar-refractivity contribution < 1.29 is 14.3 Å². The number of hydrogen-bond donors (Lipinski definition) is 2. The SMILES string of the molecule is CC(C)CC(CN)CC(=O)N1CCOCC1C(N)=O. The summed E-state index contributed by atoms with van der Waals surface area (Å²) in [5.41, 5.74) is 11.0. The molecule has 6 nitrogen and oxygen atoms in total. The Morgan fingerprint density at radius 2 is 2.11 bits per heavy atom. The highest BCUT2D eigenvalue weighted by molar-refractivity contribution is 5.87. The fourth-order valence-electron chi connectivity index (χ4n) is 2.43. The van der Waals surface area contributed by atoms with E-state index in [0.717, 1.165) is 6.42 Å². The van der Waals surface area contributed by atoms with Crippen molar-refractivity contribution in [2.75, 3.05) is 26.3 Å². The largest absolute Gasteiger partial charge is 0.377 e. The van der Waals surface area contributed by atoms with E-state index in [9.17, 15) is 9.59 Å². The highest BCUT2D eigenvalue weighted by atomic mass is 16.5. The van der Waals surface area contributed by atoms with Crippen molar-refractivity contribution >= 4 is 11.8 Å². The van der Waals surface area contributed by atoms with Crippen molar-refractivity contribution in [3.05, 3.63) is 0 Å². The summed E-state index contributed by atoms with van der Waals surface area (Å²) in [6.07, 6.45) is 1.28. The van der Waals surface area contributed by atoms with Gasteiger partial charge >= 0.3 is 0 Å². The number of nitrogens with two attached hydrogens (primary N) is 2. The molecule has 1 saturated heterocycles. The monoisotopic (exact) mass is 271 g/mol. The summed E-state index contributed by atoms with van der Waals surface area (Å²) in [5, 5.41) is 0. The van der Waals surface area contributed by atoms with Crippen LogP contribution in [0, 0.1) is 11.8 Å². The fourth-order valence-corrected chi connectivity index (χ4v) is 2.43. The molecule has 0 aromatic heterocycles. The van der Waals surface area contributed by atoms with E-state index in [1.807, 2.05) is 0 Å². The number of carbonyl (C=O) groups is 2. The Morgan fingerprint density at radius 3 is 2.63 bits per heavy atom. The molecule has 1 heterocycles. The van der Waals surface area contributed by atoms with Gasteiger partial charge in [0.15, 0.2) is 0 Å². The first-order valence-corrected chi connectivity index (χ1v) is 6.82. The Balaban J connectivity index is 2.61. The standard InChI is InChI=1S/C13H25N3O3/c1-9(2)5-10(7-14)6-12(17)16-3-4-19-8-11(16)13(15)18/h9-11H,3-8,14H2,1-2H3,(H2,15,18). The Bertz CT molecular complexity index is 320. The normalized spacial score (nSPS) is 21.5. The third-order valence-corrected chi connectivity index (χ3v) is 3.38. The Kier molecular flexibility index (Phi) is 6.24. The van der Waals surface area contributed by atoms with Crippen molar-refractivity contribution in [2.24, 2.45) is 23.3 Å².